The number of benzene rings is 2. The molecule has 0 spiro atoms. The highest BCUT2D eigenvalue weighted by Crippen LogP contribution is 2.38. The van der Waals surface area contributed by atoms with Crippen molar-refractivity contribution >= 4 is 16.9 Å². The summed E-state index contributed by atoms with van der Waals surface area (Å²) in [7, 11) is 0. The first-order chi connectivity index (χ1) is 17.7. The molecule has 0 saturated heterocycles. The average Bonchev–Trinajstić information content (AvgIpc) is 3.62. The van der Waals surface area contributed by atoms with E-state index in [1.54, 1.807) is 0 Å². The van der Waals surface area contributed by atoms with Gasteiger partial charge in [0.05, 0.1) is 6.42 Å². The number of hydrogen-bond acceptors (Lipinski definition) is 8. The fourth-order valence-corrected chi connectivity index (χ4v) is 4.66. The molecule has 0 bridgehead atoms. The van der Waals surface area contributed by atoms with Crippen molar-refractivity contribution in [3.8, 4) is 40.0 Å². The highest BCUT2D eigenvalue weighted by molar-refractivity contribution is 5.86. The van der Waals surface area contributed by atoms with Gasteiger partial charge < -0.3 is 18.9 Å². The maximum atomic E-state index is 12.9. The molecule has 188 valence electrons. The number of nitrogens with one attached hydrogen (secondary N) is 1. The summed E-state index contributed by atoms with van der Waals surface area (Å²) in [6.07, 6.45) is -4.07. The lowest BCUT2D eigenvalue weighted by Gasteiger charge is -2.10. The molecule has 14 heteroatoms. The van der Waals surface area contributed by atoms with Gasteiger partial charge in [0.25, 0.3) is 5.89 Å². The second kappa shape index (κ2) is 8.43. The van der Waals surface area contributed by atoms with E-state index in [4.69, 9.17) is 4.52 Å². The number of aliphatic carboxylic acids is 1. The van der Waals surface area contributed by atoms with Gasteiger partial charge in [0.15, 0.2) is 5.82 Å². The van der Waals surface area contributed by atoms with E-state index in [0.29, 0.717) is 5.56 Å². The van der Waals surface area contributed by atoms with Crippen molar-refractivity contribution in [3.63, 3.8) is 0 Å². The van der Waals surface area contributed by atoms with Crippen LogP contribution in [-0.4, -0.2) is 52.8 Å². The summed E-state index contributed by atoms with van der Waals surface area (Å²) in [5, 5.41) is 27.2. The number of fused-ring (bicyclic) bond motifs is 3. The summed E-state index contributed by atoms with van der Waals surface area (Å²) in [6, 6.07) is 11.3. The van der Waals surface area contributed by atoms with Crippen LogP contribution >= 0.6 is 0 Å². The number of ether oxygens (including phenoxy) is 1. The van der Waals surface area contributed by atoms with Gasteiger partial charge in [-0.2, -0.15) is 4.98 Å². The average molecular weight is 511 g/mol. The molecule has 2 N–H and O–H groups in total. The molecule has 3 aromatic heterocycles. The maximum absolute atomic E-state index is 12.9. The van der Waals surface area contributed by atoms with E-state index < -0.39 is 18.1 Å². The summed E-state index contributed by atoms with van der Waals surface area (Å²) in [5.41, 5.74) is 2.97. The Morgan fingerprint density at radius 3 is 2.76 bits per heavy atom. The summed E-state index contributed by atoms with van der Waals surface area (Å²) < 4.78 is 50.3. The lowest BCUT2D eigenvalue weighted by Crippen LogP contribution is -2.17. The fraction of sp³-hybridized carbons (Fsp3) is 0.217. The Hall–Kier alpha value is -4.75. The fourth-order valence-electron chi connectivity index (χ4n) is 4.66. The van der Waals surface area contributed by atoms with Crippen LogP contribution in [-0.2, 0) is 11.3 Å². The molecule has 1 aliphatic rings. The number of tetrazole rings is 1. The molecule has 0 aliphatic carbocycles. The summed E-state index contributed by atoms with van der Waals surface area (Å²) in [5.74, 6) is -1.06. The number of halogens is 3. The largest absolute Gasteiger partial charge is 0.573 e. The van der Waals surface area contributed by atoms with Crippen molar-refractivity contribution in [2.45, 2.75) is 31.7 Å². The van der Waals surface area contributed by atoms with Gasteiger partial charge in [-0.15, -0.1) is 18.3 Å². The molecule has 1 atom stereocenters. The highest BCUT2D eigenvalue weighted by Gasteiger charge is 2.32. The van der Waals surface area contributed by atoms with Crippen LogP contribution in [0.2, 0.25) is 0 Å². The summed E-state index contributed by atoms with van der Waals surface area (Å²) in [6.45, 7) is 0.738. The normalized spacial score (nSPS) is 15.3. The Kier molecular flexibility index (Phi) is 5.17. The molecule has 0 unspecified atom stereocenters. The van der Waals surface area contributed by atoms with Crippen molar-refractivity contribution in [1.82, 2.24) is 35.3 Å². The zero-order valence-electron chi connectivity index (χ0n) is 18.7. The Morgan fingerprint density at radius 2 is 2.00 bits per heavy atom. The summed E-state index contributed by atoms with van der Waals surface area (Å²) in [4.78, 5) is 15.6. The molecule has 37 heavy (non-hydrogen) atoms. The molecule has 0 fully saturated rings. The Morgan fingerprint density at radius 1 is 1.16 bits per heavy atom. The third-order valence-corrected chi connectivity index (χ3v) is 6.16. The van der Waals surface area contributed by atoms with Crippen molar-refractivity contribution in [2.24, 2.45) is 0 Å². The molecule has 11 nitrogen and oxygen atoms in total. The van der Waals surface area contributed by atoms with Gasteiger partial charge in [-0.1, -0.05) is 5.16 Å². The number of hydrogen-bond donors (Lipinski definition) is 2. The molecule has 1 aliphatic heterocycles. The van der Waals surface area contributed by atoms with Crippen molar-refractivity contribution in [3.05, 3.63) is 48.2 Å². The molecule has 5 aromatic rings. The number of aromatic nitrogens is 7. The first kappa shape index (κ1) is 22.7. The van der Waals surface area contributed by atoms with Crippen LogP contribution in [0.15, 0.2) is 47.0 Å². The lowest BCUT2D eigenvalue weighted by atomic mass is 10.0. The van der Waals surface area contributed by atoms with E-state index in [2.05, 4.69) is 40.1 Å². The molecule has 0 amide bonds. The SMILES string of the molecule is O=C(O)C[C@H]1CCn2c1cc1cc(-c3noc(-c4cc(OC(F)(F)F)cc(-c5nnn[nH]5)c4)n3)ccc12. The number of nitrogens with zero attached hydrogens (tertiary/aromatic N) is 6. The molecular weight excluding hydrogens is 495 g/mol. The molecule has 0 radical (unpaired) electrons. The number of alkyl halides is 3. The quantitative estimate of drug-likeness (QED) is 0.339. The van der Waals surface area contributed by atoms with E-state index in [1.165, 1.54) is 6.07 Å². The van der Waals surface area contributed by atoms with E-state index in [1.807, 2.05) is 24.3 Å². The van der Waals surface area contributed by atoms with Crippen LogP contribution in [0.3, 0.4) is 0 Å². The number of carboxylic acid groups (broad SMARTS) is 1. The first-order valence-corrected chi connectivity index (χ1v) is 11.1. The van der Waals surface area contributed by atoms with Crippen molar-refractivity contribution < 1.29 is 32.3 Å². The van der Waals surface area contributed by atoms with Crippen molar-refractivity contribution in [2.75, 3.05) is 0 Å². The Labute approximate surface area is 204 Å². The molecule has 2 aromatic carbocycles. The van der Waals surface area contributed by atoms with E-state index in [-0.39, 0.29) is 41.0 Å². The smallest absolute Gasteiger partial charge is 0.481 e. The van der Waals surface area contributed by atoms with Gasteiger partial charge >= 0.3 is 12.3 Å². The first-order valence-electron chi connectivity index (χ1n) is 11.1. The summed E-state index contributed by atoms with van der Waals surface area (Å²) >= 11 is 0. The monoisotopic (exact) mass is 511 g/mol. The van der Waals surface area contributed by atoms with E-state index in [0.717, 1.165) is 41.7 Å². The Balaban J connectivity index is 1.35. The van der Waals surface area contributed by atoms with Crippen LogP contribution in [0.5, 0.6) is 5.75 Å². The standard InChI is InChI=1S/C23H16F3N7O4/c24-23(25,26)36-16-7-14(21-28-31-32-29-21)6-15(8-16)22-27-20(30-37-22)12-1-2-17-13(5-12)9-18-11(10-19(34)35)3-4-33(17)18/h1-2,5-9,11H,3-4,10H2,(H,34,35)(H,28,29,31,32)/t11-/m1/s1. The number of aromatic amines is 1. The third-order valence-electron chi connectivity index (χ3n) is 6.16. The van der Waals surface area contributed by atoms with E-state index in [9.17, 15) is 23.1 Å². The number of carbonyl (C=O) groups is 1. The molecule has 0 saturated carbocycles. The number of aryl methyl sites for hydroxylation is 1. The van der Waals surface area contributed by atoms with Gasteiger partial charge in [-0.25, -0.2) is 5.10 Å². The third kappa shape index (κ3) is 4.37. The molecule has 4 heterocycles. The van der Waals surface area contributed by atoms with Gasteiger partial charge in [0.1, 0.15) is 5.75 Å². The van der Waals surface area contributed by atoms with Gasteiger partial charge in [0.2, 0.25) is 5.82 Å². The Bertz CT molecular complexity index is 1630. The number of H-pyrrole nitrogens is 1. The minimum atomic E-state index is -4.91. The lowest BCUT2D eigenvalue weighted by molar-refractivity contribution is -0.274. The van der Waals surface area contributed by atoms with Crippen LogP contribution in [0.4, 0.5) is 13.2 Å². The van der Waals surface area contributed by atoms with Gasteiger partial charge in [-0.05, 0) is 59.3 Å². The maximum Gasteiger partial charge on any atom is 0.573 e. The highest BCUT2D eigenvalue weighted by atomic mass is 19.4. The van der Waals surface area contributed by atoms with Gasteiger partial charge in [-0.3, -0.25) is 4.79 Å². The molecule has 6 rings (SSSR count). The van der Waals surface area contributed by atoms with Crippen LogP contribution in [0, 0.1) is 0 Å². The predicted molar refractivity (Wildman–Crippen MR) is 120 cm³/mol. The number of rotatable bonds is 6. The topological polar surface area (TPSA) is 145 Å². The van der Waals surface area contributed by atoms with E-state index >= 15 is 0 Å². The minimum absolute atomic E-state index is 0.0302. The molecular formula is C23H16F3N7O4. The second-order valence-corrected chi connectivity index (χ2v) is 8.54. The zero-order valence-corrected chi connectivity index (χ0v) is 18.7. The predicted octanol–water partition coefficient (Wildman–Crippen LogP) is 4.40. The van der Waals surface area contributed by atoms with Crippen LogP contribution in [0.1, 0.15) is 24.5 Å². The van der Waals surface area contributed by atoms with Gasteiger partial charge in [0, 0.05) is 45.7 Å². The van der Waals surface area contributed by atoms with Crippen molar-refractivity contribution in [1.29, 1.82) is 0 Å². The van der Waals surface area contributed by atoms with Crippen LogP contribution < -0.4 is 4.74 Å². The minimum Gasteiger partial charge on any atom is -0.481 e. The number of carboxylic acids is 1. The van der Waals surface area contributed by atoms with Crippen LogP contribution in [0.25, 0.3) is 45.1 Å². The zero-order chi connectivity index (χ0) is 25.7. The second-order valence-electron chi connectivity index (χ2n) is 8.54.